The number of rotatable bonds is 2. The normalized spacial score (nSPS) is 41.7. The molecular formula is C27H40N2O2. The van der Waals surface area contributed by atoms with E-state index in [-0.39, 0.29) is 23.1 Å². The van der Waals surface area contributed by atoms with Crippen LogP contribution in [-0.2, 0) is 0 Å². The minimum Gasteiger partial charge on any atom is -0.507 e. The highest BCUT2D eigenvalue weighted by atomic mass is 16.3. The quantitative estimate of drug-likeness (QED) is 0.619. The Balaban J connectivity index is 1.35. The lowest BCUT2D eigenvalue weighted by Crippen LogP contribution is -2.60. The number of hydrogen-bond acceptors (Lipinski definition) is 3. The fourth-order valence-electron chi connectivity index (χ4n) is 8.45. The Morgan fingerprint density at radius 3 is 2.61 bits per heavy atom. The molecule has 1 aliphatic heterocycles. The Morgan fingerprint density at radius 2 is 1.81 bits per heavy atom. The van der Waals surface area contributed by atoms with E-state index in [0.29, 0.717) is 22.6 Å². The summed E-state index contributed by atoms with van der Waals surface area (Å²) in [6.07, 6.45) is 10.2. The van der Waals surface area contributed by atoms with Gasteiger partial charge in [-0.25, -0.2) is 0 Å². The van der Waals surface area contributed by atoms with Gasteiger partial charge in [0.05, 0.1) is 0 Å². The number of fused-ring (bicyclic) bond motifs is 5. The topological polar surface area (TPSA) is 61.4 Å². The van der Waals surface area contributed by atoms with Crippen molar-refractivity contribution < 1.29 is 9.90 Å². The Hall–Kier alpha value is -1.55. The number of aryl methyl sites for hydroxylation is 1. The molecule has 4 heteroatoms. The van der Waals surface area contributed by atoms with Crippen molar-refractivity contribution in [3.63, 3.8) is 0 Å². The van der Waals surface area contributed by atoms with Crippen molar-refractivity contribution in [2.24, 2.45) is 28.6 Å². The third-order valence-corrected chi connectivity index (χ3v) is 10.3. The second-order valence-electron chi connectivity index (χ2n) is 11.6. The first-order valence-electron chi connectivity index (χ1n) is 12.6. The minimum absolute atomic E-state index is 0.0195. The molecule has 0 spiro atoms. The van der Waals surface area contributed by atoms with Crippen LogP contribution in [0.25, 0.3) is 0 Å². The lowest BCUT2D eigenvalue weighted by atomic mass is 9.47. The number of piperidine rings is 1. The number of phenolic OH excluding ortho intramolecular Hbond substituents is 1. The Kier molecular flexibility index (Phi) is 5.16. The molecule has 3 N–H and O–H groups in total. The summed E-state index contributed by atoms with van der Waals surface area (Å²) >= 11 is 0. The van der Waals surface area contributed by atoms with E-state index in [2.05, 4.69) is 24.5 Å². The smallest absolute Gasteiger partial charge is 0.251 e. The number of carbonyl (C=O) groups is 1. The molecule has 1 heterocycles. The summed E-state index contributed by atoms with van der Waals surface area (Å²) in [6, 6.07) is 4.66. The molecule has 3 saturated carbocycles. The summed E-state index contributed by atoms with van der Waals surface area (Å²) in [5, 5.41) is 17.6. The van der Waals surface area contributed by atoms with Crippen molar-refractivity contribution in [3.8, 4) is 5.75 Å². The van der Waals surface area contributed by atoms with Crippen LogP contribution in [0, 0.1) is 42.4 Å². The molecule has 4 fully saturated rings. The maximum absolute atomic E-state index is 13.2. The van der Waals surface area contributed by atoms with Crippen molar-refractivity contribution in [3.05, 3.63) is 28.8 Å². The Morgan fingerprint density at radius 1 is 1.03 bits per heavy atom. The molecule has 7 atom stereocenters. The Bertz CT molecular complexity index is 882. The zero-order valence-electron chi connectivity index (χ0n) is 19.8. The summed E-state index contributed by atoms with van der Waals surface area (Å²) in [6.45, 7) is 9.95. The van der Waals surface area contributed by atoms with Crippen molar-refractivity contribution in [1.29, 1.82) is 0 Å². The number of aromatic hydroxyl groups is 1. The summed E-state index contributed by atoms with van der Waals surface area (Å²) in [5.74, 6) is 2.60. The predicted octanol–water partition coefficient (Wildman–Crippen LogP) is 5.10. The van der Waals surface area contributed by atoms with Crippen LogP contribution in [0.1, 0.15) is 86.7 Å². The molecule has 4 nitrogen and oxygen atoms in total. The van der Waals surface area contributed by atoms with Gasteiger partial charge in [-0.3, -0.25) is 4.79 Å². The van der Waals surface area contributed by atoms with Gasteiger partial charge in [0.1, 0.15) is 5.75 Å². The zero-order valence-corrected chi connectivity index (χ0v) is 19.8. The number of hydrogen-bond donors (Lipinski definition) is 3. The molecule has 0 aromatic heterocycles. The lowest BCUT2D eigenvalue weighted by molar-refractivity contribution is -0.0889. The first kappa shape index (κ1) is 21.3. The largest absolute Gasteiger partial charge is 0.507 e. The van der Waals surface area contributed by atoms with Gasteiger partial charge in [-0.2, -0.15) is 0 Å². The van der Waals surface area contributed by atoms with Gasteiger partial charge in [-0.05, 0) is 112 Å². The maximum Gasteiger partial charge on any atom is 0.251 e. The van der Waals surface area contributed by atoms with E-state index < -0.39 is 0 Å². The van der Waals surface area contributed by atoms with Gasteiger partial charge >= 0.3 is 0 Å². The third kappa shape index (κ3) is 3.15. The second-order valence-corrected chi connectivity index (χ2v) is 11.6. The van der Waals surface area contributed by atoms with Gasteiger partial charge in [0.15, 0.2) is 0 Å². The second kappa shape index (κ2) is 7.50. The highest BCUT2D eigenvalue weighted by molar-refractivity contribution is 5.96. The number of nitrogens with one attached hydrogen (secondary N) is 2. The molecular weight excluding hydrogens is 384 g/mol. The molecule has 0 bridgehead atoms. The predicted molar refractivity (Wildman–Crippen MR) is 124 cm³/mol. The van der Waals surface area contributed by atoms with Crippen molar-refractivity contribution in [2.45, 2.75) is 91.1 Å². The number of amides is 1. The maximum atomic E-state index is 13.2. The highest BCUT2D eigenvalue weighted by Gasteiger charge is 2.60. The van der Waals surface area contributed by atoms with Crippen LogP contribution in [0.15, 0.2) is 12.1 Å². The van der Waals surface area contributed by atoms with Crippen LogP contribution in [-0.4, -0.2) is 29.6 Å². The van der Waals surface area contributed by atoms with Crippen molar-refractivity contribution >= 4 is 5.91 Å². The van der Waals surface area contributed by atoms with Crippen LogP contribution in [0.5, 0.6) is 5.75 Å². The van der Waals surface area contributed by atoms with E-state index in [9.17, 15) is 9.90 Å². The van der Waals surface area contributed by atoms with Gasteiger partial charge in [0, 0.05) is 23.2 Å². The lowest BCUT2D eigenvalue weighted by Gasteiger charge is -2.60. The minimum atomic E-state index is -0.0195. The van der Waals surface area contributed by atoms with Gasteiger partial charge in [0.25, 0.3) is 5.91 Å². The van der Waals surface area contributed by atoms with Gasteiger partial charge in [-0.1, -0.05) is 19.9 Å². The fourth-order valence-corrected chi connectivity index (χ4v) is 8.45. The number of phenols is 1. The molecule has 1 aromatic rings. The first-order valence-corrected chi connectivity index (χ1v) is 12.6. The molecule has 0 radical (unpaired) electrons. The van der Waals surface area contributed by atoms with Gasteiger partial charge in [-0.15, -0.1) is 0 Å². The van der Waals surface area contributed by atoms with E-state index in [1.807, 2.05) is 26.0 Å². The van der Waals surface area contributed by atoms with Crippen molar-refractivity contribution in [2.75, 3.05) is 6.54 Å². The van der Waals surface area contributed by atoms with E-state index in [0.717, 1.165) is 29.7 Å². The molecule has 31 heavy (non-hydrogen) atoms. The highest BCUT2D eigenvalue weighted by Crippen LogP contribution is 2.63. The molecule has 2 unspecified atom stereocenters. The van der Waals surface area contributed by atoms with Crippen LogP contribution in [0.4, 0.5) is 0 Å². The van der Waals surface area contributed by atoms with Gasteiger partial charge < -0.3 is 15.7 Å². The summed E-state index contributed by atoms with van der Waals surface area (Å²) in [4.78, 5) is 13.2. The summed E-state index contributed by atoms with van der Waals surface area (Å²) in [5.41, 5.74) is 2.78. The van der Waals surface area contributed by atoms with E-state index in [4.69, 9.17) is 0 Å². The summed E-state index contributed by atoms with van der Waals surface area (Å²) < 4.78 is 0. The fraction of sp³-hybridized carbons (Fsp3) is 0.741. The van der Waals surface area contributed by atoms with Crippen LogP contribution < -0.4 is 10.6 Å². The van der Waals surface area contributed by atoms with Crippen LogP contribution >= 0.6 is 0 Å². The average Bonchev–Trinajstić information content (AvgIpc) is 3.08. The molecule has 170 valence electrons. The average molecular weight is 425 g/mol. The van der Waals surface area contributed by atoms with E-state index >= 15 is 0 Å². The van der Waals surface area contributed by atoms with E-state index in [1.54, 1.807) is 0 Å². The molecule has 1 amide bonds. The number of carbonyl (C=O) groups excluding carboxylic acids is 1. The molecule has 1 aromatic carbocycles. The molecule has 3 aliphatic carbocycles. The Labute approximate surface area is 187 Å². The van der Waals surface area contributed by atoms with Crippen LogP contribution in [0.2, 0.25) is 0 Å². The summed E-state index contributed by atoms with van der Waals surface area (Å²) in [7, 11) is 0. The van der Waals surface area contributed by atoms with Gasteiger partial charge in [0.2, 0.25) is 0 Å². The number of benzene rings is 1. The SMILES string of the molecule is Cc1ccc(C(=O)NC2CC[C@H]3[C@@H]4CCC5NCCC[C@]5(C)[C@@H]4CC[C@]23C)c(C)c1O. The first-order chi connectivity index (χ1) is 14.8. The molecule has 4 aliphatic rings. The van der Waals surface area contributed by atoms with Crippen molar-refractivity contribution in [1.82, 2.24) is 10.6 Å². The monoisotopic (exact) mass is 424 g/mol. The van der Waals surface area contributed by atoms with E-state index in [1.165, 1.54) is 51.5 Å². The zero-order chi connectivity index (χ0) is 22.0. The third-order valence-electron chi connectivity index (χ3n) is 10.3. The molecule has 1 saturated heterocycles. The van der Waals surface area contributed by atoms with Crippen LogP contribution in [0.3, 0.4) is 0 Å². The molecule has 5 rings (SSSR count). The standard InChI is InChI=1S/C27H40N2O2/c1-16-6-7-18(17(2)24(16)30)25(31)29-23-11-9-20-19-8-10-22-26(3,13-5-15-28-22)21(19)12-14-27(20,23)4/h6-7,19-23,28,30H,5,8-15H2,1-4H3,(H,29,31)/t19-,20-,21+,22?,23?,26+,27-/m0/s1.